The van der Waals surface area contributed by atoms with E-state index in [1.165, 1.54) is 15.6 Å². The minimum atomic E-state index is -3.52. The molecule has 1 unspecified atom stereocenters. The summed E-state index contributed by atoms with van der Waals surface area (Å²) in [6, 6.07) is -0.844. The first-order valence-electron chi connectivity index (χ1n) is 8.07. The molecule has 0 aromatic carbocycles. The lowest BCUT2D eigenvalue weighted by Crippen LogP contribution is -2.60. The van der Waals surface area contributed by atoms with Gasteiger partial charge >= 0.3 is 0 Å². The average molecular weight is 400 g/mol. The van der Waals surface area contributed by atoms with Crippen LogP contribution < -0.4 is 15.8 Å². The van der Waals surface area contributed by atoms with E-state index in [4.69, 9.17) is 0 Å². The number of hydrogen-bond acceptors (Lipinski definition) is 8. The molecule has 0 bridgehead atoms. The summed E-state index contributed by atoms with van der Waals surface area (Å²) >= 11 is 1.21. The lowest BCUT2D eigenvalue weighted by Gasteiger charge is -2.38. The van der Waals surface area contributed by atoms with Crippen LogP contribution in [0.1, 0.15) is 12.6 Å². The number of likely N-dealkylation sites (N-methyl/N-ethyl adjacent to an activating group) is 1. The molecule has 1 fully saturated rings. The van der Waals surface area contributed by atoms with Crippen molar-refractivity contribution in [3.05, 3.63) is 16.0 Å². The number of amides is 1. The standard InChI is InChI=1S/C14H20N6O4S2/c1-4-15-12(21)9-7-19(5-6-20(9)26(3,23)24)14-16-10-8(2)17-18-13(22)11(10)25-14/h9H,4-7H2,1-3H3,(H,15,21)(H,18,22). The summed E-state index contributed by atoms with van der Waals surface area (Å²) in [5.41, 5.74) is 0.815. The molecule has 10 nitrogen and oxygen atoms in total. The number of aryl methyl sites for hydroxylation is 1. The molecule has 26 heavy (non-hydrogen) atoms. The van der Waals surface area contributed by atoms with Crippen LogP contribution in [0.5, 0.6) is 0 Å². The topological polar surface area (TPSA) is 128 Å². The maximum atomic E-state index is 12.4. The molecule has 142 valence electrons. The lowest BCUT2D eigenvalue weighted by atomic mass is 10.2. The highest BCUT2D eigenvalue weighted by Crippen LogP contribution is 2.29. The van der Waals surface area contributed by atoms with Crippen molar-refractivity contribution in [3.63, 3.8) is 0 Å². The number of carbonyl (C=O) groups excluding carboxylic acids is 1. The Hall–Kier alpha value is -2.05. The number of H-pyrrole nitrogens is 1. The molecule has 12 heteroatoms. The maximum absolute atomic E-state index is 12.4. The monoisotopic (exact) mass is 400 g/mol. The van der Waals surface area contributed by atoms with Gasteiger partial charge in [0.1, 0.15) is 16.3 Å². The fourth-order valence-electron chi connectivity index (χ4n) is 2.92. The Morgan fingerprint density at radius 2 is 2.15 bits per heavy atom. The first-order chi connectivity index (χ1) is 12.2. The number of carbonyl (C=O) groups is 1. The van der Waals surface area contributed by atoms with E-state index >= 15 is 0 Å². The van der Waals surface area contributed by atoms with Crippen LogP contribution in [0, 0.1) is 6.92 Å². The fourth-order valence-corrected chi connectivity index (χ4v) is 5.00. The van der Waals surface area contributed by atoms with Crippen molar-refractivity contribution in [1.82, 2.24) is 24.8 Å². The minimum Gasteiger partial charge on any atom is -0.355 e. The molecule has 0 aliphatic carbocycles. The number of nitrogens with one attached hydrogen (secondary N) is 2. The van der Waals surface area contributed by atoms with Crippen LogP contribution >= 0.6 is 11.3 Å². The molecule has 1 atom stereocenters. The Labute approximate surface area is 154 Å². The summed E-state index contributed by atoms with van der Waals surface area (Å²) < 4.78 is 25.8. The number of piperazine rings is 1. The molecule has 1 amide bonds. The van der Waals surface area contributed by atoms with E-state index in [1.807, 2.05) is 4.90 Å². The largest absolute Gasteiger partial charge is 0.355 e. The van der Waals surface area contributed by atoms with Crippen molar-refractivity contribution in [2.75, 3.05) is 37.3 Å². The predicted octanol–water partition coefficient (Wildman–Crippen LogP) is -0.726. The van der Waals surface area contributed by atoms with Gasteiger partial charge in [-0.15, -0.1) is 0 Å². The normalized spacial score (nSPS) is 19.0. The molecule has 2 N–H and O–H groups in total. The molecular formula is C14H20N6O4S2. The number of sulfonamides is 1. The number of aromatic nitrogens is 3. The molecule has 0 radical (unpaired) electrons. The van der Waals surface area contributed by atoms with Gasteiger partial charge in [0.2, 0.25) is 15.9 Å². The molecule has 2 aromatic rings. The van der Waals surface area contributed by atoms with E-state index in [9.17, 15) is 18.0 Å². The molecule has 3 rings (SSSR count). The lowest BCUT2D eigenvalue weighted by molar-refractivity contribution is -0.124. The van der Waals surface area contributed by atoms with Gasteiger partial charge in [-0.2, -0.15) is 9.40 Å². The second-order valence-electron chi connectivity index (χ2n) is 6.04. The van der Waals surface area contributed by atoms with E-state index in [0.29, 0.717) is 34.1 Å². The van der Waals surface area contributed by atoms with Gasteiger partial charge in [0.05, 0.1) is 11.9 Å². The van der Waals surface area contributed by atoms with Crippen molar-refractivity contribution < 1.29 is 13.2 Å². The number of rotatable bonds is 4. The Bertz CT molecular complexity index is 999. The fraction of sp³-hybridized carbons (Fsp3) is 0.571. The van der Waals surface area contributed by atoms with Gasteiger partial charge < -0.3 is 10.2 Å². The van der Waals surface area contributed by atoms with Gasteiger partial charge in [-0.25, -0.2) is 18.5 Å². The Balaban J connectivity index is 1.95. The average Bonchev–Trinajstić information content (AvgIpc) is 3.04. The summed E-state index contributed by atoms with van der Waals surface area (Å²) in [5, 5.41) is 9.59. The second-order valence-corrected chi connectivity index (χ2v) is 8.95. The van der Waals surface area contributed by atoms with Gasteiger partial charge in [0, 0.05) is 26.2 Å². The number of fused-ring (bicyclic) bond motifs is 1. The molecule has 1 aliphatic heterocycles. The quantitative estimate of drug-likeness (QED) is 0.693. The van der Waals surface area contributed by atoms with Gasteiger partial charge in [-0.3, -0.25) is 9.59 Å². The van der Waals surface area contributed by atoms with Gasteiger partial charge in [0.15, 0.2) is 5.13 Å². The van der Waals surface area contributed by atoms with Crippen molar-refractivity contribution in [1.29, 1.82) is 0 Å². The summed E-state index contributed by atoms with van der Waals surface area (Å²) in [6.45, 7) is 4.66. The summed E-state index contributed by atoms with van der Waals surface area (Å²) in [7, 11) is -3.52. The van der Waals surface area contributed by atoms with Crippen LogP contribution in [-0.4, -0.2) is 72.3 Å². The van der Waals surface area contributed by atoms with Crippen LogP contribution in [0.3, 0.4) is 0 Å². The third-order valence-electron chi connectivity index (χ3n) is 4.17. The SMILES string of the molecule is CCNC(=O)C1CN(c2nc3c(C)n[nH]c(=O)c3s2)CCN1S(C)(=O)=O. The van der Waals surface area contributed by atoms with Crippen LogP contribution in [0.2, 0.25) is 0 Å². The molecule has 1 saturated heterocycles. The van der Waals surface area contributed by atoms with Crippen LogP contribution in [0.4, 0.5) is 5.13 Å². The first-order valence-corrected chi connectivity index (χ1v) is 10.7. The number of nitrogens with zero attached hydrogens (tertiary/aromatic N) is 4. The summed E-state index contributed by atoms with van der Waals surface area (Å²) in [4.78, 5) is 30.7. The predicted molar refractivity (Wildman–Crippen MR) is 99.0 cm³/mol. The molecule has 3 heterocycles. The van der Waals surface area contributed by atoms with E-state index in [-0.39, 0.29) is 24.6 Å². The second kappa shape index (κ2) is 6.93. The first kappa shape index (κ1) is 18.7. The molecule has 0 spiro atoms. The van der Waals surface area contributed by atoms with Crippen molar-refractivity contribution in [2.45, 2.75) is 19.9 Å². The highest BCUT2D eigenvalue weighted by atomic mass is 32.2. The zero-order valence-corrected chi connectivity index (χ0v) is 16.3. The highest BCUT2D eigenvalue weighted by molar-refractivity contribution is 7.88. The highest BCUT2D eigenvalue weighted by Gasteiger charge is 2.38. The molecular weight excluding hydrogens is 380 g/mol. The van der Waals surface area contributed by atoms with Gasteiger partial charge in [-0.1, -0.05) is 11.3 Å². The maximum Gasteiger partial charge on any atom is 0.283 e. The van der Waals surface area contributed by atoms with E-state index in [1.54, 1.807) is 13.8 Å². The Morgan fingerprint density at radius 3 is 2.77 bits per heavy atom. The molecule has 2 aromatic heterocycles. The Morgan fingerprint density at radius 1 is 1.42 bits per heavy atom. The third-order valence-corrected chi connectivity index (χ3v) is 6.58. The molecule has 0 saturated carbocycles. The van der Waals surface area contributed by atoms with Crippen LogP contribution in [-0.2, 0) is 14.8 Å². The van der Waals surface area contributed by atoms with Gasteiger partial charge in [-0.05, 0) is 13.8 Å². The van der Waals surface area contributed by atoms with Gasteiger partial charge in [0.25, 0.3) is 5.56 Å². The number of aromatic amines is 1. The number of thiazole rings is 1. The third kappa shape index (κ3) is 3.44. The smallest absolute Gasteiger partial charge is 0.283 e. The Kier molecular flexibility index (Phi) is 4.99. The molecule has 1 aliphatic rings. The minimum absolute atomic E-state index is 0.170. The van der Waals surface area contributed by atoms with Crippen molar-refractivity contribution in [3.8, 4) is 0 Å². The van der Waals surface area contributed by atoms with E-state index in [2.05, 4.69) is 20.5 Å². The van der Waals surface area contributed by atoms with E-state index < -0.39 is 16.1 Å². The number of hydrogen-bond donors (Lipinski definition) is 2. The summed E-state index contributed by atoms with van der Waals surface area (Å²) in [6.07, 6.45) is 1.10. The zero-order valence-electron chi connectivity index (χ0n) is 14.6. The van der Waals surface area contributed by atoms with Crippen LogP contribution in [0.25, 0.3) is 10.2 Å². The number of anilines is 1. The van der Waals surface area contributed by atoms with Crippen molar-refractivity contribution >= 4 is 42.6 Å². The van der Waals surface area contributed by atoms with Crippen LogP contribution in [0.15, 0.2) is 4.79 Å². The zero-order chi connectivity index (χ0) is 19.1. The van der Waals surface area contributed by atoms with E-state index in [0.717, 1.165) is 6.26 Å². The van der Waals surface area contributed by atoms with Crippen molar-refractivity contribution in [2.24, 2.45) is 0 Å². The summed E-state index contributed by atoms with van der Waals surface area (Å²) in [5.74, 6) is -0.348.